The van der Waals surface area contributed by atoms with Gasteiger partial charge in [-0.2, -0.15) is 0 Å². The summed E-state index contributed by atoms with van der Waals surface area (Å²) in [5.41, 5.74) is 7.98. The molecule has 3 N–H and O–H groups in total. The molecule has 1 saturated heterocycles. The first-order valence-electron chi connectivity index (χ1n) is 12.0. The highest BCUT2D eigenvalue weighted by Crippen LogP contribution is 2.44. The Morgan fingerprint density at radius 3 is 2.73 bits per heavy atom. The number of unbranched alkanes of at least 4 members (excludes halogenated alkanes) is 2. The molecular formula is C26H41NO3. The number of fused-ring (bicyclic) bond motifs is 1. The summed E-state index contributed by atoms with van der Waals surface area (Å²) in [5.74, 6) is 2.48. The van der Waals surface area contributed by atoms with Crippen LogP contribution in [0.1, 0.15) is 77.7 Å². The number of rotatable bonds is 8. The Bertz CT molecular complexity index is 671. The first-order valence-corrected chi connectivity index (χ1v) is 12.0. The van der Waals surface area contributed by atoms with Crippen LogP contribution in [-0.2, 0) is 4.74 Å². The van der Waals surface area contributed by atoms with Crippen LogP contribution in [0.3, 0.4) is 0 Å². The molecule has 4 heteroatoms. The van der Waals surface area contributed by atoms with Crippen molar-refractivity contribution in [2.75, 3.05) is 6.61 Å². The molecule has 1 aromatic carbocycles. The Kier molecular flexibility index (Phi) is 8.64. The van der Waals surface area contributed by atoms with E-state index in [1.54, 1.807) is 0 Å². The number of benzene rings is 1. The second-order valence-electron chi connectivity index (χ2n) is 9.43. The van der Waals surface area contributed by atoms with Gasteiger partial charge in [0.15, 0.2) is 6.29 Å². The van der Waals surface area contributed by atoms with Crippen LogP contribution < -0.4 is 10.5 Å². The fourth-order valence-corrected chi connectivity index (χ4v) is 5.24. The number of ether oxygens (including phenoxy) is 2. The van der Waals surface area contributed by atoms with Gasteiger partial charge >= 0.3 is 0 Å². The number of hydrogen-bond acceptors (Lipinski definition) is 4. The Balaban J connectivity index is 1.59. The fraction of sp³-hybridized carbons (Fsp3) is 0.692. The lowest BCUT2D eigenvalue weighted by molar-refractivity contribution is -0.0997. The lowest BCUT2D eigenvalue weighted by Gasteiger charge is -2.41. The summed E-state index contributed by atoms with van der Waals surface area (Å²) in [5, 5.41) is 10.9. The van der Waals surface area contributed by atoms with Gasteiger partial charge < -0.3 is 20.3 Å². The minimum Gasteiger partial charge on any atom is -0.465 e. The molecule has 1 aromatic rings. The summed E-state index contributed by atoms with van der Waals surface area (Å²) in [6.07, 6.45) is 11.1. The van der Waals surface area contributed by atoms with Gasteiger partial charge in [-0.15, -0.1) is 0 Å². The van der Waals surface area contributed by atoms with Crippen molar-refractivity contribution in [1.29, 1.82) is 0 Å². The van der Waals surface area contributed by atoms with E-state index in [4.69, 9.17) is 15.2 Å². The van der Waals surface area contributed by atoms with Crippen molar-refractivity contribution in [2.45, 2.75) is 84.5 Å². The molecule has 0 bridgehead atoms. The van der Waals surface area contributed by atoms with Crippen molar-refractivity contribution >= 4 is 5.70 Å². The molecule has 6 atom stereocenters. The van der Waals surface area contributed by atoms with Gasteiger partial charge in [0.1, 0.15) is 5.75 Å². The third-order valence-corrected chi connectivity index (χ3v) is 7.28. The van der Waals surface area contributed by atoms with Crippen molar-refractivity contribution in [3.63, 3.8) is 0 Å². The van der Waals surface area contributed by atoms with Gasteiger partial charge in [0.25, 0.3) is 0 Å². The summed E-state index contributed by atoms with van der Waals surface area (Å²) >= 11 is 0. The van der Waals surface area contributed by atoms with Crippen LogP contribution in [0.5, 0.6) is 5.75 Å². The number of aliphatic hydroxyl groups is 1. The van der Waals surface area contributed by atoms with Crippen LogP contribution in [0.15, 0.2) is 30.3 Å². The predicted molar refractivity (Wildman–Crippen MR) is 123 cm³/mol. The normalized spacial score (nSPS) is 29.5. The van der Waals surface area contributed by atoms with E-state index in [0.29, 0.717) is 23.7 Å². The number of hydrogen-bond donors (Lipinski definition) is 2. The third-order valence-electron chi connectivity index (χ3n) is 7.28. The number of aliphatic hydroxyl groups excluding tert-OH is 1. The van der Waals surface area contributed by atoms with E-state index in [9.17, 15) is 5.11 Å². The average molecular weight is 416 g/mol. The standard InChI is InChI=1S/C26H41NO3/c1-4-5-6-10-25(27)21-13-15-22(16-14-21)30-26(28)19(3)23-9-7-8-20-12-11-18(2)29-17-24(20)23/h10,13-16,18-20,23-24,26,28H,4-9,11-12,17,27H2,1-3H3/b25-10+. The van der Waals surface area contributed by atoms with Crippen LogP contribution in [-0.4, -0.2) is 24.1 Å². The topological polar surface area (TPSA) is 64.7 Å². The van der Waals surface area contributed by atoms with Crippen LogP contribution >= 0.6 is 0 Å². The van der Waals surface area contributed by atoms with Gasteiger partial charge in [0.2, 0.25) is 0 Å². The fourth-order valence-electron chi connectivity index (χ4n) is 5.24. The van der Waals surface area contributed by atoms with Crippen molar-refractivity contribution in [1.82, 2.24) is 0 Å². The summed E-state index contributed by atoms with van der Waals surface area (Å²) in [6.45, 7) is 7.32. The van der Waals surface area contributed by atoms with E-state index in [0.717, 1.165) is 49.5 Å². The maximum atomic E-state index is 10.9. The van der Waals surface area contributed by atoms with Crippen LogP contribution in [0.2, 0.25) is 0 Å². The molecule has 1 saturated carbocycles. The van der Waals surface area contributed by atoms with E-state index in [1.807, 2.05) is 24.3 Å². The maximum absolute atomic E-state index is 10.9. The minimum atomic E-state index is -0.808. The molecule has 0 spiro atoms. The average Bonchev–Trinajstić information content (AvgIpc) is 2.95. The number of allylic oxidation sites excluding steroid dienone is 1. The maximum Gasteiger partial charge on any atom is 0.200 e. The van der Waals surface area contributed by atoms with Crippen molar-refractivity contribution < 1.29 is 14.6 Å². The molecule has 0 aromatic heterocycles. The Morgan fingerprint density at radius 2 is 2.00 bits per heavy atom. The van der Waals surface area contributed by atoms with Gasteiger partial charge in [-0.3, -0.25) is 0 Å². The zero-order chi connectivity index (χ0) is 21.5. The molecule has 6 unspecified atom stereocenters. The van der Waals surface area contributed by atoms with Gasteiger partial charge in [-0.05, 0) is 86.6 Å². The smallest absolute Gasteiger partial charge is 0.200 e. The van der Waals surface area contributed by atoms with Gasteiger partial charge in [0, 0.05) is 11.6 Å². The summed E-state index contributed by atoms with van der Waals surface area (Å²) in [7, 11) is 0. The largest absolute Gasteiger partial charge is 0.465 e. The molecule has 1 aliphatic carbocycles. The molecular weight excluding hydrogens is 374 g/mol. The molecule has 1 aliphatic heterocycles. The first-order chi connectivity index (χ1) is 14.5. The van der Waals surface area contributed by atoms with Crippen molar-refractivity contribution in [3.8, 4) is 5.75 Å². The lowest BCUT2D eigenvalue weighted by Crippen LogP contribution is -2.40. The monoisotopic (exact) mass is 415 g/mol. The van der Waals surface area contributed by atoms with Gasteiger partial charge in [-0.25, -0.2) is 0 Å². The highest BCUT2D eigenvalue weighted by atomic mass is 16.6. The SMILES string of the molecule is CCCC/C=C(/N)c1ccc(OC(O)C(C)C2CCCC3CCC(C)OCC32)cc1. The number of nitrogens with two attached hydrogens (primary N) is 1. The Hall–Kier alpha value is -1.52. The highest BCUT2D eigenvalue weighted by molar-refractivity contribution is 5.63. The first kappa shape index (κ1) is 23.1. The molecule has 0 radical (unpaired) electrons. The molecule has 30 heavy (non-hydrogen) atoms. The molecule has 1 heterocycles. The lowest BCUT2D eigenvalue weighted by atomic mass is 9.66. The highest BCUT2D eigenvalue weighted by Gasteiger charge is 2.40. The molecule has 0 amide bonds. The van der Waals surface area contributed by atoms with E-state index in [1.165, 1.54) is 25.7 Å². The zero-order valence-corrected chi connectivity index (χ0v) is 19.1. The van der Waals surface area contributed by atoms with Crippen LogP contribution in [0, 0.1) is 23.7 Å². The van der Waals surface area contributed by atoms with E-state index < -0.39 is 6.29 Å². The van der Waals surface area contributed by atoms with Crippen LogP contribution in [0.25, 0.3) is 5.70 Å². The zero-order valence-electron chi connectivity index (χ0n) is 19.1. The molecule has 2 fully saturated rings. The molecule has 2 aliphatic rings. The van der Waals surface area contributed by atoms with E-state index >= 15 is 0 Å². The quantitative estimate of drug-likeness (QED) is 0.420. The Morgan fingerprint density at radius 1 is 1.23 bits per heavy atom. The van der Waals surface area contributed by atoms with Crippen molar-refractivity contribution in [2.24, 2.45) is 29.4 Å². The van der Waals surface area contributed by atoms with Crippen molar-refractivity contribution in [3.05, 3.63) is 35.9 Å². The second-order valence-corrected chi connectivity index (χ2v) is 9.43. The van der Waals surface area contributed by atoms with Gasteiger partial charge in [-0.1, -0.05) is 39.2 Å². The third kappa shape index (κ3) is 6.01. The van der Waals surface area contributed by atoms with E-state index in [-0.39, 0.29) is 5.92 Å². The summed E-state index contributed by atoms with van der Waals surface area (Å²) in [4.78, 5) is 0. The minimum absolute atomic E-state index is 0.0773. The summed E-state index contributed by atoms with van der Waals surface area (Å²) < 4.78 is 12.0. The van der Waals surface area contributed by atoms with Crippen LogP contribution in [0.4, 0.5) is 0 Å². The predicted octanol–water partition coefficient (Wildman–Crippen LogP) is 5.74. The van der Waals surface area contributed by atoms with Gasteiger partial charge in [0.05, 0.1) is 12.7 Å². The van der Waals surface area contributed by atoms with E-state index in [2.05, 4.69) is 26.8 Å². The summed E-state index contributed by atoms with van der Waals surface area (Å²) in [6, 6.07) is 7.77. The second kappa shape index (κ2) is 11.2. The Labute approximate surface area is 182 Å². The molecule has 168 valence electrons. The molecule has 3 rings (SSSR count). The molecule has 4 nitrogen and oxygen atoms in total.